The quantitative estimate of drug-likeness (QED) is 0.858. The first-order chi connectivity index (χ1) is 11.1. The molecule has 0 spiro atoms. The summed E-state index contributed by atoms with van der Waals surface area (Å²) in [5.74, 6) is 0.537. The number of halogens is 1. The van der Waals surface area contributed by atoms with E-state index in [1.54, 1.807) is 6.20 Å². The van der Waals surface area contributed by atoms with Gasteiger partial charge in [-0.25, -0.2) is 4.98 Å². The van der Waals surface area contributed by atoms with Crippen LogP contribution in [-0.4, -0.2) is 29.1 Å². The summed E-state index contributed by atoms with van der Waals surface area (Å²) in [6.07, 6.45) is 3.08. The van der Waals surface area contributed by atoms with Gasteiger partial charge in [0.1, 0.15) is 25.3 Å². The van der Waals surface area contributed by atoms with Crippen molar-refractivity contribution in [1.29, 1.82) is 0 Å². The molecule has 6 nitrogen and oxygen atoms in total. The highest BCUT2D eigenvalue weighted by Gasteiger charge is 2.19. The molecule has 120 valence electrons. The van der Waals surface area contributed by atoms with Gasteiger partial charge in [-0.15, -0.1) is 0 Å². The van der Waals surface area contributed by atoms with Gasteiger partial charge in [-0.1, -0.05) is 28.1 Å². The minimum absolute atomic E-state index is 0.183. The molecule has 2 heterocycles. The number of ether oxygens (including phenoxy) is 2. The second-order valence-corrected chi connectivity index (χ2v) is 6.00. The lowest BCUT2D eigenvalue weighted by molar-refractivity contribution is -0.123. The first-order valence-electron chi connectivity index (χ1n) is 7.20. The van der Waals surface area contributed by atoms with E-state index in [0.29, 0.717) is 19.0 Å². The van der Waals surface area contributed by atoms with Crippen molar-refractivity contribution >= 4 is 21.8 Å². The summed E-state index contributed by atoms with van der Waals surface area (Å²) in [5, 5.41) is 2.83. The Labute approximate surface area is 142 Å². The van der Waals surface area contributed by atoms with E-state index in [-0.39, 0.29) is 17.7 Å². The van der Waals surface area contributed by atoms with E-state index in [1.807, 2.05) is 31.2 Å². The second kappa shape index (κ2) is 6.87. The summed E-state index contributed by atoms with van der Waals surface area (Å²) in [6.45, 7) is 2.69. The van der Waals surface area contributed by atoms with Gasteiger partial charge in [0.15, 0.2) is 0 Å². The summed E-state index contributed by atoms with van der Waals surface area (Å²) in [5.41, 5.74) is 1.92. The largest absolute Gasteiger partial charge is 0.494 e. The van der Waals surface area contributed by atoms with Gasteiger partial charge in [0.05, 0.1) is 17.9 Å². The third-order valence-electron chi connectivity index (χ3n) is 3.38. The van der Waals surface area contributed by atoms with Crippen molar-refractivity contribution < 1.29 is 14.3 Å². The maximum absolute atomic E-state index is 12.1. The molecule has 7 heteroatoms. The van der Waals surface area contributed by atoms with Crippen LogP contribution in [0.5, 0.6) is 0 Å². The molecule has 2 N–H and O–H groups in total. The summed E-state index contributed by atoms with van der Waals surface area (Å²) < 4.78 is 11.4. The molecule has 1 atom stereocenters. The minimum Gasteiger partial charge on any atom is -0.494 e. The monoisotopic (exact) mass is 377 g/mol. The van der Waals surface area contributed by atoms with Gasteiger partial charge in [0, 0.05) is 4.47 Å². The summed E-state index contributed by atoms with van der Waals surface area (Å²) in [6, 6.07) is 7.63. The SMILES string of the molecule is C[C@H](NC(=O)C1=COCCO1)c1ncc(-c2ccc(Br)cc2)[nH]1. The second-order valence-electron chi connectivity index (χ2n) is 5.09. The maximum Gasteiger partial charge on any atom is 0.290 e. The van der Waals surface area contributed by atoms with E-state index in [2.05, 4.69) is 31.2 Å². The fourth-order valence-electron chi connectivity index (χ4n) is 2.16. The van der Waals surface area contributed by atoms with Gasteiger partial charge in [-0.2, -0.15) is 0 Å². The molecule has 0 bridgehead atoms. The van der Waals surface area contributed by atoms with Crippen molar-refractivity contribution in [3.63, 3.8) is 0 Å². The number of rotatable bonds is 4. The van der Waals surface area contributed by atoms with Gasteiger partial charge in [-0.05, 0) is 24.6 Å². The number of carbonyl (C=O) groups is 1. The Kier molecular flexibility index (Phi) is 4.66. The zero-order chi connectivity index (χ0) is 16.2. The van der Waals surface area contributed by atoms with Crippen LogP contribution < -0.4 is 5.32 Å². The number of carbonyl (C=O) groups excluding carboxylic acids is 1. The van der Waals surface area contributed by atoms with Crippen molar-refractivity contribution in [3.05, 3.63) is 52.8 Å². The van der Waals surface area contributed by atoms with Gasteiger partial charge in [-0.3, -0.25) is 4.79 Å². The summed E-state index contributed by atoms with van der Waals surface area (Å²) in [7, 11) is 0. The van der Waals surface area contributed by atoms with Crippen LogP contribution in [0.4, 0.5) is 0 Å². The van der Waals surface area contributed by atoms with E-state index in [0.717, 1.165) is 15.7 Å². The van der Waals surface area contributed by atoms with Crippen LogP contribution in [0.1, 0.15) is 18.8 Å². The molecule has 0 saturated carbocycles. The number of aromatic nitrogens is 2. The highest BCUT2D eigenvalue weighted by Crippen LogP contribution is 2.21. The Bertz CT molecular complexity index is 724. The first kappa shape index (κ1) is 15.6. The number of hydrogen-bond acceptors (Lipinski definition) is 4. The molecule has 0 fully saturated rings. The number of nitrogens with one attached hydrogen (secondary N) is 2. The third-order valence-corrected chi connectivity index (χ3v) is 3.91. The van der Waals surface area contributed by atoms with E-state index in [1.165, 1.54) is 6.26 Å². The number of aromatic amines is 1. The topological polar surface area (TPSA) is 76.2 Å². The predicted molar refractivity (Wildman–Crippen MR) is 88.3 cm³/mol. The van der Waals surface area contributed by atoms with Crippen LogP contribution in [0.15, 0.2) is 47.0 Å². The van der Waals surface area contributed by atoms with Gasteiger partial charge < -0.3 is 19.8 Å². The molecule has 0 saturated heterocycles. The maximum atomic E-state index is 12.1. The molecule has 2 aromatic rings. The highest BCUT2D eigenvalue weighted by molar-refractivity contribution is 9.10. The Morgan fingerprint density at radius 2 is 2.13 bits per heavy atom. The summed E-state index contributed by atoms with van der Waals surface area (Å²) in [4.78, 5) is 19.6. The number of amides is 1. The van der Waals surface area contributed by atoms with E-state index in [4.69, 9.17) is 9.47 Å². The van der Waals surface area contributed by atoms with Crippen LogP contribution in [0.25, 0.3) is 11.3 Å². The summed E-state index contributed by atoms with van der Waals surface area (Å²) >= 11 is 3.41. The van der Waals surface area contributed by atoms with Crippen LogP contribution in [-0.2, 0) is 14.3 Å². The number of benzene rings is 1. The molecule has 0 aliphatic carbocycles. The zero-order valence-corrected chi connectivity index (χ0v) is 14.1. The van der Waals surface area contributed by atoms with Crippen molar-refractivity contribution in [2.75, 3.05) is 13.2 Å². The number of nitrogens with zero attached hydrogens (tertiary/aromatic N) is 1. The van der Waals surface area contributed by atoms with Gasteiger partial charge in [0.2, 0.25) is 5.76 Å². The highest BCUT2D eigenvalue weighted by atomic mass is 79.9. The molecular formula is C16H16BrN3O3. The van der Waals surface area contributed by atoms with Crippen LogP contribution >= 0.6 is 15.9 Å². The zero-order valence-electron chi connectivity index (χ0n) is 12.5. The molecule has 1 amide bonds. The molecule has 1 aliphatic rings. The fourth-order valence-corrected chi connectivity index (χ4v) is 2.42. The molecule has 0 radical (unpaired) electrons. The van der Waals surface area contributed by atoms with Gasteiger partial charge in [0.25, 0.3) is 5.91 Å². The van der Waals surface area contributed by atoms with E-state index < -0.39 is 0 Å². The molecule has 1 aromatic heterocycles. The smallest absolute Gasteiger partial charge is 0.290 e. The molecule has 23 heavy (non-hydrogen) atoms. The van der Waals surface area contributed by atoms with E-state index in [9.17, 15) is 4.79 Å². The standard InChI is InChI=1S/C16H16BrN3O3/c1-10(19-16(21)14-9-22-6-7-23-14)15-18-8-13(20-15)11-2-4-12(17)5-3-11/h2-5,8-10H,6-7H2,1H3,(H,18,20)(H,19,21)/t10-/m0/s1. The molecule has 1 aromatic carbocycles. The lowest BCUT2D eigenvalue weighted by Gasteiger charge is -2.17. The van der Waals surface area contributed by atoms with Crippen molar-refractivity contribution in [1.82, 2.24) is 15.3 Å². The Hall–Kier alpha value is -2.28. The minimum atomic E-state index is -0.321. The lowest BCUT2D eigenvalue weighted by atomic mass is 10.2. The van der Waals surface area contributed by atoms with Crippen molar-refractivity contribution in [2.24, 2.45) is 0 Å². The van der Waals surface area contributed by atoms with E-state index >= 15 is 0 Å². The average molecular weight is 378 g/mol. The average Bonchev–Trinajstić information content (AvgIpc) is 3.06. The molecule has 3 rings (SSSR count). The Morgan fingerprint density at radius 1 is 1.35 bits per heavy atom. The normalized spacial score (nSPS) is 15.1. The first-order valence-corrected chi connectivity index (χ1v) is 7.99. The fraction of sp³-hybridized carbons (Fsp3) is 0.250. The van der Waals surface area contributed by atoms with Crippen molar-refractivity contribution in [3.8, 4) is 11.3 Å². The van der Waals surface area contributed by atoms with Crippen LogP contribution in [0, 0.1) is 0 Å². The van der Waals surface area contributed by atoms with Crippen LogP contribution in [0.2, 0.25) is 0 Å². The molecular weight excluding hydrogens is 362 g/mol. The number of imidazole rings is 1. The number of H-pyrrole nitrogens is 1. The molecule has 0 unspecified atom stereocenters. The Balaban J connectivity index is 1.68. The Morgan fingerprint density at radius 3 is 2.83 bits per heavy atom. The lowest BCUT2D eigenvalue weighted by Crippen LogP contribution is -2.31. The van der Waals surface area contributed by atoms with Crippen molar-refractivity contribution in [2.45, 2.75) is 13.0 Å². The molecule has 1 aliphatic heterocycles. The number of hydrogen-bond donors (Lipinski definition) is 2. The van der Waals surface area contributed by atoms with Crippen LogP contribution in [0.3, 0.4) is 0 Å². The predicted octanol–water partition coefficient (Wildman–Crippen LogP) is 2.90. The third kappa shape index (κ3) is 3.73. The van der Waals surface area contributed by atoms with Gasteiger partial charge >= 0.3 is 0 Å².